The maximum Gasteiger partial charge on any atom is 0.119 e. The molecule has 1 aliphatic rings. The van der Waals surface area contributed by atoms with E-state index < -0.39 is 6.10 Å². The highest BCUT2D eigenvalue weighted by atomic mass is 16.5. The summed E-state index contributed by atoms with van der Waals surface area (Å²) < 4.78 is 5.40. The van der Waals surface area contributed by atoms with Gasteiger partial charge in [-0.25, -0.2) is 0 Å². The van der Waals surface area contributed by atoms with Gasteiger partial charge in [-0.1, -0.05) is 50.6 Å². The number of nitrogens with zero attached hydrogens (tertiary/aromatic N) is 2. The lowest BCUT2D eigenvalue weighted by Gasteiger charge is -2.42. The molecule has 0 spiro atoms. The van der Waals surface area contributed by atoms with Crippen LogP contribution in [0.15, 0.2) is 60.8 Å². The summed E-state index contributed by atoms with van der Waals surface area (Å²) in [4.78, 5) is 7.15. The molecule has 0 saturated carbocycles. The Morgan fingerprint density at radius 3 is 2.64 bits per heavy atom. The maximum atomic E-state index is 11.1. The molecule has 4 heteroatoms. The molecule has 2 unspecified atom stereocenters. The van der Waals surface area contributed by atoms with E-state index in [0.717, 1.165) is 54.6 Å². The second-order valence-corrected chi connectivity index (χ2v) is 9.42. The molecule has 0 aliphatic carbocycles. The number of aromatic nitrogens is 1. The Labute approximate surface area is 198 Å². The van der Waals surface area contributed by atoms with E-state index in [4.69, 9.17) is 4.74 Å². The van der Waals surface area contributed by atoms with E-state index in [2.05, 4.69) is 54.1 Å². The fourth-order valence-corrected chi connectivity index (χ4v) is 5.71. The van der Waals surface area contributed by atoms with E-state index in [0.29, 0.717) is 17.9 Å². The van der Waals surface area contributed by atoms with E-state index >= 15 is 0 Å². The van der Waals surface area contributed by atoms with Crippen LogP contribution in [0.1, 0.15) is 69.2 Å². The third-order valence-electron chi connectivity index (χ3n) is 7.61. The van der Waals surface area contributed by atoms with Gasteiger partial charge in [0.25, 0.3) is 0 Å². The number of hydrogen-bond donors (Lipinski definition) is 1. The first-order valence-corrected chi connectivity index (χ1v) is 12.5. The van der Waals surface area contributed by atoms with Gasteiger partial charge in [0.1, 0.15) is 5.75 Å². The van der Waals surface area contributed by atoms with Crippen LogP contribution in [0.5, 0.6) is 5.75 Å². The monoisotopic (exact) mass is 446 g/mol. The Bertz CT molecular complexity index is 1020. The van der Waals surface area contributed by atoms with Crippen molar-refractivity contribution in [3.8, 4) is 5.75 Å². The molecule has 3 aromatic rings. The number of aliphatic hydroxyl groups excluding tert-OH is 1. The molecule has 1 aromatic heterocycles. The Hall–Kier alpha value is -2.43. The summed E-state index contributed by atoms with van der Waals surface area (Å²) in [7, 11) is 1.67. The van der Waals surface area contributed by atoms with Gasteiger partial charge in [0, 0.05) is 24.2 Å². The Kier molecular flexibility index (Phi) is 8.00. The summed E-state index contributed by atoms with van der Waals surface area (Å²) in [6.07, 6.45) is 6.71. The number of fused-ring (bicyclic) bond motifs is 1. The van der Waals surface area contributed by atoms with Gasteiger partial charge in [-0.05, 0) is 79.5 Å². The molecule has 4 rings (SSSR count). The smallest absolute Gasteiger partial charge is 0.119 e. The zero-order valence-corrected chi connectivity index (χ0v) is 20.3. The van der Waals surface area contributed by atoms with Crippen LogP contribution in [-0.2, 0) is 0 Å². The molecule has 1 N–H and O–H groups in total. The molecule has 4 atom stereocenters. The second kappa shape index (κ2) is 11.1. The molecule has 0 amide bonds. The molecule has 176 valence electrons. The first-order valence-electron chi connectivity index (χ1n) is 12.5. The Morgan fingerprint density at radius 2 is 1.91 bits per heavy atom. The van der Waals surface area contributed by atoms with Crippen LogP contribution in [0, 0.1) is 11.8 Å². The highest BCUT2D eigenvalue weighted by Crippen LogP contribution is 2.37. The summed E-state index contributed by atoms with van der Waals surface area (Å²) in [5, 5.41) is 12.1. The van der Waals surface area contributed by atoms with Crippen LogP contribution >= 0.6 is 0 Å². The van der Waals surface area contributed by atoms with Crippen LogP contribution in [0.4, 0.5) is 0 Å². The van der Waals surface area contributed by atoms with E-state index in [9.17, 15) is 5.11 Å². The van der Waals surface area contributed by atoms with Crippen LogP contribution in [0.3, 0.4) is 0 Å². The van der Waals surface area contributed by atoms with Crippen LogP contribution < -0.4 is 4.74 Å². The molecule has 2 aromatic carbocycles. The van der Waals surface area contributed by atoms with Crippen molar-refractivity contribution in [3.63, 3.8) is 0 Å². The largest absolute Gasteiger partial charge is 0.497 e. The molecule has 0 radical (unpaired) electrons. The lowest BCUT2D eigenvalue weighted by molar-refractivity contribution is 0.0623. The number of pyridine rings is 1. The normalized spacial score (nSPS) is 21.1. The lowest BCUT2D eigenvalue weighted by atomic mass is 9.79. The van der Waals surface area contributed by atoms with Gasteiger partial charge < -0.3 is 9.84 Å². The average Bonchev–Trinajstić information content (AvgIpc) is 2.87. The van der Waals surface area contributed by atoms with Gasteiger partial charge in [0.05, 0.1) is 18.7 Å². The molecule has 1 fully saturated rings. The Balaban J connectivity index is 1.41. The van der Waals surface area contributed by atoms with E-state index in [1.54, 1.807) is 13.3 Å². The van der Waals surface area contributed by atoms with Gasteiger partial charge in [0.15, 0.2) is 0 Å². The molecular weight excluding hydrogens is 408 g/mol. The molecule has 33 heavy (non-hydrogen) atoms. The number of aliphatic hydroxyl groups is 1. The van der Waals surface area contributed by atoms with Crippen LogP contribution in [0.2, 0.25) is 0 Å². The number of piperidine rings is 1. The van der Waals surface area contributed by atoms with Crippen molar-refractivity contribution >= 4 is 10.9 Å². The standard InChI is InChI=1S/C29H38N2O2/c1-4-21-20-31(28(5-2)23-9-7-6-8-10-23)18-16-22(21)11-14-29(32)25-15-17-30-27-13-12-24(33-3)19-26(25)27/h6-10,12-13,15,17,19,21-22,28-29,32H,4-5,11,14,16,18,20H2,1-3H3/t21-,22+,28?,29?/m0/s1. The quantitative estimate of drug-likeness (QED) is 0.404. The third-order valence-corrected chi connectivity index (χ3v) is 7.61. The van der Waals surface area contributed by atoms with Crippen LogP contribution in [0.25, 0.3) is 10.9 Å². The van der Waals surface area contributed by atoms with Gasteiger partial charge in [-0.2, -0.15) is 0 Å². The third kappa shape index (κ3) is 5.39. The zero-order chi connectivity index (χ0) is 23.2. The first-order chi connectivity index (χ1) is 16.1. The molecule has 4 nitrogen and oxygen atoms in total. The van der Waals surface area contributed by atoms with Crippen molar-refractivity contribution in [2.45, 2.75) is 58.1 Å². The second-order valence-electron chi connectivity index (χ2n) is 9.42. The minimum Gasteiger partial charge on any atom is -0.497 e. The molecule has 2 heterocycles. The predicted molar refractivity (Wildman–Crippen MR) is 135 cm³/mol. The van der Waals surface area contributed by atoms with Crippen LogP contribution in [-0.4, -0.2) is 35.2 Å². The predicted octanol–water partition coefficient (Wildman–Crippen LogP) is 6.56. The fourth-order valence-electron chi connectivity index (χ4n) is 5.71. The highest BCUT2D eigenvalue weighted by Gasteiger charge is 2.31. The number of likely N-dealkylation sites (tertiary alicyclic amines) is 1. The van der Waals surface area contributed by atoms with E-state index in [-0.39, 0.29) is 0 Å². The van der Waals surface area contributed by atoms with Crippen molar-refractivity contribution in [2.75, 3.05) is 20.2 Å². The van der Waals surface area contributed by atoms with Gasteiger partial charge in [-0.3, -0.25) is 9.88 Å². The fraction of sp³-hybridized carbons (Fsp3) is 0.483. The molecule has 0 bridgehead atoms. The number of methoxy groups -OCH3 is 1. The lowest BCUT2D eigenvalue weighted by Crippen LogP contribution is -2.42. The van der Waals surface area contributed by atoms with E-state index in [1.165, 1.54) is 18.4 Å². The number of hydrogen-bond acceptors (Lipinski definition) is 4. The highest BCUT2D eigenvalue weighted by molar-refractivity contribution is 5.83. The van der Waals surface area contributed by atoms with Gasteiger partial charge >= 0.3 is 0 Å². The summed E-state index contributed by atoms with van der Waals surface area (Å²) in [5.41, 5.74) is 3.29. The summed E-state index contributed by atoms with van der Waals surface area (Å²) in [5.74, 6) is 2.14. The average molecular weight is 447 g/mol. The maximum absolute atomic E-state index is 11.1. The summed E-state index contributed by atoms with van der Waals surface area (Å²) >= 11 is 0. The van der Waals surface area contributed by atoms with Crippen molar-refractivity contribution in [3.05, 3.63) is 71.9 Å². The van der Waals surface area contributed by atoms with Gasteiger partial charge in [0.2, 0.25) is 0 Å². The van der Waals surface area contributed by atoms with Gasteiger partial charge in [-0.15, -0.1) is 0 Å². The number of rotatable bonds is 9. The SMILES string of the molecule is CCC(c1ccccc1)N1CC[C@@H](CCC(O)c2ccnc3ccc(OC)cc23)[C@@H](CC)C1. The van der Waals surface area contributed by atoms with Crippen molar-refractivity contribution in [1.29, 1.82) is 0 Å². The first kappa shape index (κ1) is 23.7. The zero-order valence-electron chi connectivity index (χ0n) is 20.3. The van der Waals surface area contributed by atoms with E-state index in [1.807, 2.05) is 24.3 Å². The molecular formula is C29H38N2O2. The number of ether oxygens (including phenoxy) is 1. The molecule has 1 aliphatic heterocycles. The molecule has 1 saturated heterocycles. The minimum atomic E-state index is -0.481. The number of benzene rings is 2. The van der Waals surface area contributed by atoms with Crippen molar-refractivity contribution in [1.82, 2.24) is 9.88 Å². The summed E-state index contributed by atoms with van der Waals surface area (Å²) in [6.45, 7) is 6.92. The Morgan fingerprint density at radius 1 is 1.09 bits per heavy atom. The summed E-state index contributed by atoms with van der Waals surface area (Å²) in [6, 6.07) is 19.3. The van der Waals surface area contributed by atoms with Crippen molar-refractivity contribution in [2.24, 2.45) is 11.8 Å². The minimum absolute atomic E-state index is 0.481. The topological polar surface area (TPSA) is 45.6 Å². The van der Waals surface area contributed by atoms with Crippen molar-refractivity contribution < 1.29 is 9.84 Å².